The van der Waals surface area contributed by atoms with Gasteiger partial charge in [0.1, 0.15) is 15.6 Å². The predicted octanol–water partition coefficient (Wildman–Crippen LogP) is 4.88. The molecule has 0 amide bonds. The fourth-order valence-electron chi connectivity index (χ4n) is 3.45. The van der Waals surface area contributed by atoms with Crippen LogP contribution in [0.1, 0.15) is 21.1 Å². The van der Waals surface area contributed by atoms with Crippen molar-refractivity contribution in [2.24, 2.45) is 0 Å². The van der Waals surface area contributed by atoms with Crippen molar-refractivity contribution in [1.82, 2.24) is 9.78 Å². The zero-order chi connectivity index (χ0) is 23.0. The van der Waals surface area contributed by atoms with E-state index in [0.29, 0.717) is 22.6 Å². The minimum atomic E-state index is -4.17. The zero-order valence-corrected chi connectivity index (χ0v) is 19.2. The Morgan fingerprint density at radius 2 is 1.78 bits per heavy atom. The first-order valence-corrected chi connectivity index (χ1v) is 12.0. The highest BCUT2D eigenvalue weighted by Crippen LogP contribution is 2.38. The topological polar surface area (TPSA) is 72.3 Å². The molecule has 0 radical (unpaired) electrons. The number of nitrogens with zero attached hydrogens (tertiary/aromatic N) is 3. The van der Waals surface area contributed by atoms with Gasteiger partial charge in [-0.25, -0.2) is 17.5 Å². The average molecular weight is 470 g/mol. The van der Waals surface area contributed by atoms with Crippen molar-refractivity contribution in [3.63, 3.8) is 0 Å². The second kappa shape index (κ2) is 8.33. The molecule has 0 aliphatic carbocycles. The van der Waals surface area contributed by atoms with Gasteiger partial charge >= 0.3 is 0 Å². The second-order valence-electron chi connectivity index (χ2n) is 7.27. The van der Waals surface area contributed by atoms with Crippen molar-refractivity contribution in [2.75, 3.05) is 11.4 Å². The van der Waals surface area contributed by atoms with E-state index in [9.17, 15) is 17.6 Å². The van der Waals surface area contributed by atoms with Crippen LogP contribution in [-0.4, -0.2) is 31.2 Å². The summed E-state index contributed by atoms with van der Waals surface area (Å²) in [4.78, 5) is 13.2. The van der Waals surface area contributed by atoms with Crippen LogP contribution in [0, 0.1) is 19.7 Å². The lowest BCUT2D eigenvalue weighted by molar-refractivity contribution is 0.0943. The summed E-state index contributed by atoms with van der Waals surface area (Å²) in [5, 5.41) is 5.78. The minimum absolute atomic E-state index is 0.0123. The monoisotopic (exact) mass is 469 g/mol. The molecule has 0 saturated carbocycles. The maximum Gasteiger partial charge on any atom is 0.289 e. The van der Waals surface area contributed by atoms with Gasteiger partial charge in [0.05, 0.1) is 11.4 Å². The number of anilines is 1. The maximum atomic E-state index is 14.0. The first-order chi connectivity index (χ1) is 15.2. The molecule has 32 heavy (non-hydrogen) atoms. The van der Waals surface area contributed by atoms with E-state index in [2.05, 4.69) is 5.10 Å². The third kappa shape index (κ3) is 3.85. The van der Waals surface area contributed by atoms with Crippen LogP contribution in [-0.2, 0) is 10.0 Å². The molecule has 4 rings (SSSR count). The van der Waals surface area contributed by atoms with Crippen LogP contribution in [0.4, 0.5) is 10.1 Å². The van der Waals surface area contributed by atoms with Crippen LogP contribution in [0.15, 0.2) is 70.9 Å². The average Bonchev–Trinajstić information content (AvgIpc) is 3.37. The van der Waals surface area contributed by atoms with Crippen molar-refractivity contribution in [2.45, 2.75) is 18.7 Å². The molecule has 0 fully saturated rings. The first-order valence-electron chi connectivity index (χ1n) is 9.69. The van der Waals surface area contributed by atoms with Crippen LogP contribution >= 0.6 is 11.3 Å². The quantitative estimate of drug-likeness (QED) is 0.418. The fraction of sp³-hybridized carbons (Fsp3) is 0.130. The molecule has 0 N–H and O–H groups in total. The summed E-state index contributed by atoms with van der Waals surface area (Å²) >= 11 is 0.999. The number of rotatable bonds is 5. The number of aromatic nitrogens is 2. The SMILES string of the molecule is Cc1cc(C)n(C(=O)c2scc(-c3cccc(F)c3)c2S(=O)(=O)N(C)c2ccccc2)n1. The van der Waals surface area contributed by atoms with Gasteiger partial charge in [-0.2, -0.15) is 5.10 Å². The Morgan fingerprint density at radius 3 is 2.41 bits per heavy atom. The number of carbonyl (C=O) groups is 1. The van der Waals surface area contributed by atoms with Crippen molar-refractivity contribution >= 4 is 33.0 Å². The largest absolute Gasteiger partial charge is 0.289 e. The number of hydrogen-bond donors (Lipinski definition) is 0. The minimum Gasteiger partial charge on any atom is -0.269 e. The molecule has 0 unspecified atom stereocenters. The molecule has 0 aliphatic rings. The van der Waals surface area contributed by atoms with Crippen LogP contribution in [0.25, 0.3) is 11.1 Å². The number of para-hydroxylation sites is 1. The van der Waals surface area contributed by atoms with E-state index in [1.54, 1.807) is 61.7 Å². The molecule has 0 atom stereocenters. The van der Waals surface area contributed by atoms with E-state index in [0.717, 1.165) is 15.6 Å². The third-order valence-electron chi connectivity index (χ3n) is 5.02. The van der Waals surface area contributed by atoms with Crippen molar-refractivity contribution in [3.05, 3.63) is 88.1 Å². The Bertz CT molecular complexity index is 1410. The highest BCUT2D eigenvalue weighted by molar-refractivity contribution is 7.93. The molecule has 2 heterocycles. The molecule has 0 saturated heterocycles. The lowest BCUT2D eigenvalue weighted by Crippen LogP contribution is -2.28. The summed E-state index contributed by atoms with van der Waals surface area (Å²) in [6, 6.07) is 15.9. The molecular formula is C23H20FN3O3S2. The molecule has 6 nitrogen and oxygen atoms in total. The van der Waals surface area contributed by atoms with E-state index in [-0.39, 0.29) is 15.3 Å². The van der Waals surface area contributed by atoms with Gasteiger partial charge in [0.15, 0.2) is 0 Å². The Kier molecular flexibility index (Phi) is 5.70. The Morgan fingerprint density at radius 1 is 1.06 bits per heavy atom. The van der Waals surface area contributed by atoms with Gasteiger partial charge in [0, 0.05) is 23.7 Å². The van der Waals surface area contributed by atoms with Crippen LogP contribution < -0.4 is 4.31 Å². The maximum absolute atomic E-state index is 14.0. The molecule has 164 valence electrons. The molecule has 2 aromatic heterocycles. The molecule has 0 spiro atoms. The molecule has 4 aromatic rings. The normalized spacial score (nSPS) is 11.5. The van der Waals surface area contributed by atoms with Crippen molar-refractivity contribution in [3.8, 4) is 11.1 Å². The number of benzene rings is 2. The number of thiophene rings is 1. The van der Waals surface area contributed by atoms with Gasteiger partial charge < -0.3 is 0 Å². The smallest absolute Gasteiger partial charge is 0.269 e. The van der Waals surface area contributed by atoms with E-state index < -0.39 is 21.7 Å². The Balaban J connectivity index is 1.95. The van der Waals surface area contributed by atoms with E-state index >= 15 is 0 Å². The number of hydrogen-bond acceptors (Lipinski definition) is 5. The van der Waals surface area contributed by atoms with Crippen molar-refractivity contribution in [1.29, 1.82) is 0 Å². The Labute approximate surface area is 189 Å². The summed E-state index contributed by atoms with van der Waals surface area (Å²) in [6.45, 7) is 3.48. The summed E-state index contributed by atoms with van der Waals surface area (Å²) in [5.74, 6) is -1.05. The van der Waals surface area contributed by atoms with Gasteiger partial charge in [-0.3, -0.25) is 9.10 Å². The van der Waals surface area contributed by atoms with Gasteiger partial charge in [-0.15, -0.1) is 11.3 Å². The summed E-state index contributed by atoms with van der Waals surface area (Å²) in [5.41, 5.74) is 2.31. The lowest BCUT2D eigenvalue weighted by Gasteiger charge is -2.21. The highest BCUT2D eigenvalue weighted by atomic mass is 32.2. The molecular weight excluding hydrogens is 449 g/mol. The standard InChI is InChI=1S/C23H20FN3O3S2/c1-15-12-16(2)27(25-15)23(28)21-22(20(14-31-21)17-8-7-9-18(24)13-17)32(29,30)26(3)19-10-5-4-6-11-19/h4-14H,1-3H3. The van der Waals surface area contributed by atoms with Gasteiger partial charge in [-0.1, -0.05) is 30.3 Å². The number of halogens is 1. The van der Waals surface area contributed by atoms with Gasteiger partial charge in [-0.05, 0) is 49.7 Å². The predicted molar refractivity (Wildman–Crippen MR) is 123 cm³/mol. The Hall–Kier alpha value is -3.30. The number of aryl methyl sites for hydroxylation is 2. The van der Waals surface area contributed by atoms with E-state index in [4.69, 9.17) is 0 Å². The third-order valence-corrected chi connectivity index (χ3v) is 7.98. The summed E-state index contributed by atoms with van der Waals surface area (Å²) in [6.07, 6.45) is 0. The van der Waals surface area contributed by atoms with Crippen LogP contribution in [0.2, 0.25) is 0 Å². The summed E-state index contributed by atoms with van der Waals surface area (Å²) in [7, 11) is -2.74. The van der Waals surface area contributed by atoms with Gasteiger partial charge in [0.2, 0.25) is 0 Å². The number of sulfonamides is 1. The molecule has 0 bridgehead atoms. The highest BCUT2D eigenvalue weighted by Gasteiger charge is 2.33. The lowest BCUT2D eigenvalue weighted by atomic mass is 10.1. The fourth-order valence-corrected chi connectivity index (χ4v) is 6.33. The number of carbonyl (C=O) groups excluding carboxylic acids is 1. The van der Waals surface area contributed by atoms with Crippen LogP contribution in [0.5, 0.6) is 0 Å². The van der Waals surface area contributed by atoms with Crippen LogP contribution in [0.3, 0.4) is 0 Å². The molecule has 0 aliphatic heterocycles. The molecule has 2 aromatic carbocycles. The second-order valence-corrected chi connectivity index (χ2v) is 10.1. The van der Waals surface area contributed by atoms with E-state index in [1.165, 1.54) is 29.9 Å². The summed E-state index contributed by atoms with van der Waals surface area (Å²) < 4.78 is 43.8. The first kappa shape index (κ1) is 21.9. The van der Waals surface area contributed by atoms with E-state index in [1.807, 2.05) is 0 Å². The van der Waals surface area contributed by atoms with Gasteiger partial charge in [0.25, 0.3) is 15.9 Å². The zero-order valence-electron chi connectivity index (χ0n) is 17.6. The van der Waals surface area contributed by atoms with Crippen molar-refractivity contribution < 1.29 is 17.6 Å². The molecule has 9 heteroatoms.